The van der Waals surface area contributed by atoms with E-state index in [1.165, 1.54) is 16.7 Å². The Balaban J connectivity index is 1.67. The van der Waals surface area contributed by atoms with Gasteiger partial charge in [0.2, 0.25) is 6.29 Å². The smallest absolute Gasteiger partial charge is 0.412 e. The molecule has 1 aliphatic heterocycles. The highest BCUT2D eigenvalue weighted by Gasteiger charge is 2.41. The summed E-state index contributed by atoms with van der Waals surface area (Å²) >= 11 is 2.30. The first kappa shape index (κ1) is 30.3. The van der Waals surface area contributed by atoms with E-state index in [9.17, 15) is 4.79 Å². The van der Waals surface area contributed by atoms with Crippen LogP contribution in [0.2, 0.25) is 0 Å². The van der Waals surface area contributed by atoms with Gasteiger partial charge in [0, 0.05) is 31.2 Å². The monoisotopic (exact) mass is 652 g/mol. The van der Waals surface area contributed by atoms with Crippen molar-refractivity contribution in [2.75, 3.05) is 0 Å². The van der Waals surface area contributed by atoms with Crippen LogP contribution in [-0.2, 0) is 29.0 Å². The number of hydrogen-bond donors (Lipinski definition) is 0. The van der Waals surface area contributed by atoms with E-state index in [0.717, 1.165) is 28.7 Å². The average molecular weight is 653 g/mol. The summed E-state index contributed by atoms with van der Waals surface area (Å²) in [6, 6.07) is 31.8. The van der Waals surface area contributed by atoms with Crippen LogP contribution in [0.25, 0.3) is 0 Å². The minimum Gasteiger partial charge on any atom is -0.414 e. The minimum atomic E-state index is -0.716. The van der Waals surface area contributed by atoms with Crippen molar-refractivity contribution in [3.05, 3.63) is 117 Å². The Bertz CT molecular complexity index is 1200. The second-order valence-corrected chi connectivity index (χ2v) is 12.2. The van der Waals surface area contributed by atoms with E-state index in [2.05, 4.69) is 125 Å². The van der Waals surface area contributed by atoms with Crippen LogP contribution in [0, 0.1) is 0 Å². The molecular weight excluding hydrogens is 611 g/mol. The van der Waals surface area contributed by atoms with Gasteiger partial charge in [0.1, 0.15) is 0 Å². The van der Waals surface area contributed by atoms with Gasteiger partial charge in [0.05, 0.1) is 9.68 Å². The zero-order valence-electron chi connectivity index (χ0n) is 24.2. The molecular formula is C34H41IN2O3. The summed E-state index contributed by atoms with van der Waals surface area (Å²) in [4.78, 5) is 17.5. The van der Waals surface area contributed by atoms with Crippen molar-refractivity contribution < 1.29 is 14.3 Å². The van der Waals surface area contributed by atoms with Crippen LogP contribution in [0.3, 0.4) is 0 Å². The maximum Gasteiger partial charge on any atom is 0.412 e. The van der Waals surface area contributed by atoms with E-state index in [-0.39, 0.29) is 30.3 Å². The molecule has 5 nitrogen and oxygen atoms in total. The van der Waals surface area contributed by atoms with E-state index < -0.39 is 6.29 Å². The van der Waals surface area contributed by atoms with Crippen molar-refractivity contribution in [3.63, 3.8) is 0 Å². The van der Waals surface area contributed by atoms with Crippen LogP contribution in [0.15, 0.2) is 100 Å². The van der Waals surface area contributed by atoms with Crippen molar-refractivity contribution in [3.8, 4) is 0 Å². The van der Waals surface area contributed by atoms with E-state index in [0.29, 0.717) is 0 Å². The van der Waals surface area contributed by atoms with Crippen LogP contribution < -0.4 is 0 Å². The number of halogens is 1. The Morgan fingerprint density at radius 2 is 1.25 bits per heavy atom. The first-order valence-corrected chi connectivity index (χ1v) is 15.2. The number of rotatable bonds is 11. The molecule has 0 saturated carbocycles. The lowest BCUT2D eigenvalue weighted by Crippen LogP contribution is -2.46. The molecule has 0 fully saturated rings. The summed E-state index contributed by atoms with van der Waals surface area (Å²) in [5.41, 5.74) is 4.86. The number of carbonyl (C=O) groups excluding carboxylic acids is 1. The number of amides is 1. The maximum atomic E-state index is 13.2. The number of hydrogen-bond acceptors (Lipinski definition) is 4. The Morgan fingerprint density at radius 1 is 0.800 bits per heavy atom. The molecule has 0 spiro atoms. The molecule has 3 atom stereocenters. The van der Waals surface area contributed by atoms with Crippen molar-refractivity contribution >= 4 is 28.7 Å². The molecule has 0 aromatic heterocycles. The molecule has 212 valence electrons. The summed E-state index contributed by atoms with van der Waals surface area (Å²) in [6.07, 6.45) is -0.491. The largest absolute Gasteiger partial charge is 0.414 e. The van der Waals surface area contributed by atoms with Gasteiger partial charge in [-0.3, -0.25) is 4.90 Å². The van der Waals surface area contributed by atoms with Gasteiger partial charge in [-0.05, 0) is 85.9 Å². The minimum absolute atomic E-state index is 0.0163. The summed E-state index contributed by atoms with van der Waals surface area (Å²) < 4.78 is 13.6. The Labute approximate surface area is 253 Å². The Hall–Kier alpha value is -2.68. The van der Waals surface area contributed by atoms with Gasteiger partial charge >= 0.3 is 6.09 Å². The van der Waals surface area contributed by atoms with E-state index in [1.54, 1.807) is 4.90 Å². The highest BCUT2D eigenvalue weighted by molar-refractivity contribution is 14.1. The lowest BCUT2D eigenvalue weighted by atomic mass is 9.94. The SMILES string of the molecule is CC1=C(I)[C@H](OC(=O)N(C(C)C)C(C)C)O[C@@H]1[C@H](Cc1ccccc1)N(Cc1ccccc1)Cc1ccccc1. The first-order valence-electron chi connectivity index (χ1n) is 14.1. The predicted molar refractivity (Wildman–Crippen MR) is 170 cm³/mol. The van der Waals surface area contributed by atoms with Gasteiger partial charge in [-0.25, -0.2) is 4.79 Å². The molecule has 1 aliphatic rings. The topological polar surface area (TPSA) is 42.0 Å². The van der Waals surface area contributed by atoms with Gasteiger partial charge in [-0.15, -0.1) is 0 Å². The molecule has 0 radical (unpaired) electrons. The third kappa shape index (κ3) is 7.74. The van der Waals surface area contributed by atoms with Crippen LogP contribution in [0.4, 0.5) is 4.79 Å². The molecule has 6 heteroatoms. The number of ether oxygens (including phenoxy) is 2. The van der Waals surface area contributed by atoms with E-state index in [4.69, 9.17) is 9.47 Å². The van der Waals surface area contributed by atoms with Crippen LogP contribution in [0.5, 0.6) is 0 Å². The second kappa shape index (κ2) is 14.3. The fraction of sp³-hybridized carbons (Fsp3) is 0.382. The predicted octanol–water partition coefficient (Wildman–Crippen LogP) is 7.99. The normalized spacial score (nSPS) is 18.0. The van der Waals surface area contributed by atoms with Crippen molar-refractivity contribution in [2.24, 2.45) is 0 Å². The lowest BCUT2D eigenvalue weighted by Gasteiger charge is -2.37. The van der Waals surface area contributed by atoms with Gasteiger partial charge in [-0.1, -0.05) is 91.0 Å². The highest BCUT2D eigenvalue weighted by atomic mass is 127. The van der Waals surface area contributed by atoms with Crippen LogP contribution in [0.1, 0.15) is 51.3 Å². The van der Waals surface area contributed by atoms with E-state index >= 15 is 0 Å². The molecule has 1 heterocycles. The Morgan fingerprint density at radius 3 is 1.70 bits per heavy atom. The lowest BCUT2D eigenvalue weighted by molar-refractivity contribution is -0.114. The molecule has 0 bridgehead atoms. The number of nitrogens with zero attached hydrogens (tertiary/aromatic N) is 2. The van der Waals surface area contributed by atoms with Crippen LogP contribution >= 0.6 is 22.6 Å². The molecule has 40 heavy (non-hydrogen) atoms. The molecule has 3 aromatic carbocycles. The average Bonchev–Trinajstić information content (AvgIpc) is 3.21. The molecule has 0 N–H and O–H groups in total. The zero-order valence-corrected chi connectivity index (χ0v) is 26.3. The summed E-state index contributed by atoms with van der Waals surface area (Å²) in [7, 11) is 0. The highest BCUT2D eigenvalue weighted by Crippen LogP contribution is 2.37. The summed E-state index contributed by atoms with van der Waals surface area (Å²) in [5.74, 6) is 0. The fourth-order valence-corrected chi connectivity index (χ4v) is 6.04. The molecule has 0 aliphatic carbocycles. The summed E-state index contributed by atoms with van der Waals surface area (Å²) in [5, 5.41) is 0. The molecule has 1 amide bonds. The van der Waals surface area contributed by atoms with Crippen LogP contribution in [-0.4, -0.2) is 46.4 Å². The Kier molecular flexibility index (Phi) is 10.8. The molecule has 0 saturated heterocycles. The number of carbonyl (C=O) groups is 1. The van der Waals surface area contributed by atoms with Gasteiger partial charge in [-0.2, -0.15) is 0 Å². The zero-order chi connectivity index (χ0) is 28.6. The molecule has 4 rings (SSSR count). The van der Waals surface area contributed by atoms with Gasteiger partial charge < -0.3 is 14.4 Å². The van der Waals surface area contributed by atoms with Gasteiger partial charge in [0.25, 0.3) is 0 Å². The van der Waals surface area contributed by atoms with Crippen molar-refractivity contribution in [2.45, 2.75) is 84.6 Å². The van der Waals surface area contributed by atoms with Crippen molar-refractivity contribution in [1.82, 2.24) is 9.80 Å². The second-order valence-electron chi connectivity index (χ2n) is 11.0. The third-order valence-electron chi connectivity index (χ3n) is 7.38. The van der Waals surface area contributed by atoms with Gasteiger partial charge in [0.15, 0.2) is 0 Å². The third-order valence-corrected chi connectivity index (χ3v) is 8.73. The molecule has 3 aromatic rings. The molecule has 0 unspecified atom stereocenters. The standard InChI is InChI=1S/C34H41IN2O3/c1-24(2)37(25(3)4)34(38)40-33-31(35)26(5)32(39-33)30(21-27-15-9-6-10-16-27)36(22-28-17-11-7-12-18-28)23-29-19-13-8-14-20-29/h6-20,24-25,30,32-33H,21-23H2,1-5H3/t30-,32-,33-/m0/s1. The first-order chi connectivity index (χ1) is 19.2. The fourth-order valence-electron chi connectivity index (χ4n) is 5.46. The quantitative estimate of drug-likeness (QED) is 0.197. The number of benzene rings is 3. The maximum absolute atomic E-state index is 13.2. The summed E-state index contributed by atoms with van der Waals surface area (Å²) in [6.45, 7) is 11.7. The van der Waals surface area contributed by atoms with Crippen molar-refractivity contribution in [1.29, 1.82) is 0 Å². The van der Waals surface area contributed by atoms with E-state index in [1.807, 2.05) is 27.7 Å².